The largest absolute Gasteiger partial charge is 0.344 e. The molecule has 0 radical (unpaired) electrons. The second-order valence-corrected chi connectivity index (χ2v) is 6.29. The van der Waals surface area contributed by atoms with E-state index in [9.17, 15) is 9.00 Å². The summed E-state index contributed by atoms with van der Waals surface area (Å²) in [5.74, 6) is 0.00709. The standard InChI is InChI=1S/C13H14O3S/c1-9-5-7-10(8-6-9)17(15)13-11(14)3-2-4-12(13)16-13/h5-8,12H,2-4H2,1H3/t12-,13-,17?/m0/s1. The summed E-state index contributed by atoms with van der Waals surface area (Å²) in [5, 5.41) is 0. The Morgan fingerprint density at radius 2 is 2.06 bits per heavy atom. The summed E-state index contributed by atoms with van der Waals surface area (Å²) in [6.07, 6.45) is 2.08. The van der Waals surface area contributed by atoms with Crippen molar-refractivity contribution in [1.29, 1.82) is 0 Å². The zero-order chi connectivity index (χ0) is 12.0. The molecule has 1 saturated heterocycles. The predicted octanol–water partition coefficient (Wildman–Crippen LogP) is 1.95. The molecule has 1 aliphatic heterocycles. The average molecular weight is 250 g/mol. The van der Waals surface area contributed by atoms with Crippen molar-refractivity contribution in [2.24, 2.45) is 0 Å². The molecule has 1 heterocycles. The average Bonchev–Trinajstić information content (AvgIpc) is 3.06. The van der Waals surface area contributed by atoms with Crippen molar-refractivity contribution < 1.29 is 13.7 Å². The number of fused-ring (bicyclic) bond motifs is 1. The van der Waals surface area contributed by atoms with Gasteiger partial charge in [-0.1, -0.05) is 17.7 Å². The molecule has 1 unspecified atom stereocenters. The molecule has 2 aliphatic rings. The Kier molecular flexibility index (Phi) is 2.45. The van der Waals surface area contributed by atoms with E-state index >= 15 is 0 Å². The second-order valence-electron chi connectivity index (χ2n) is 4.67. The lowest BCUT2D eigenvalue weighted by Gasteiger charge is -2.15. The molecule has 0 spiro atoms. The Morgan fingerprint density at radius 3 is 2.71 bits per heavy atom. The number of hydrogen-bond donors (Lipinski definition) is 0. The lowest BCUT2D eigenvalue weighted by Crippen LogP contribution is -2.35. The zero-order valence-electron chi connectivity index (χ0n) is 9.64. The van der Waals surface area contributed by atoms with E-state index in [4.69, 9.17) is 4.74 Å². The smallest absolute Gasteiger partial charge is 0.232 e. The van der Waals surface area contributed by atoms with Gasteiger partial charge in [-0.2, -0.15) is 0 Å². The van der Waals surface area contributed by atoms with Gasteiger partial charge in [0, 0.05) is 11.3 Å². The number of ether oxygens (including phenoxy) is 1. The van der Waals surface area contributed by atoms with Crippen molar-refractivity contribution in [3.05, 3.63) is 29.8 Å². The Hall–Kier alpha value is -1.00. The van der Waals surface area contributed by atoms with E-state index in [2.05, 4.69) is 0 Å². The van der Waals surface area contributed by atoms with Gasteiger partial charge in [-0.15, -0.1) is 0 Å². The number of carbonyl (C=O) groups excluding carboxylic acids is 1. The van der Waals surface area contributed by atoms with Crippen LogP contribution in [0.1, 0.15) is 24.8 Å². The molecule has 1 aliphatic carbocycles. The lowest BCUT2D eigenvalue weighted by atomic mass is 9.99. The van der Waals surface area contributed by atoms with Crippen LogP contribution in [0.5, 0.6) is 0 Å². The van der Waals surface area contributed by atoms with Crippen LogP contribution in [0.4, 0.5) is 0 Å². The Bertz CT molecular complexity index is 494. The summed E-state index contributed by atoms with van der Waals surface area (Å²) in [6, 6.07) is 7.46. The highest BCUT2D eigenvalue weighted by Crippen LogP contribution is 2.49. The van der Waals surface area contributed by atoms with Crippen LogP contribution in [0, 0.1) is 6.92 Å². The zero-order valence-corrected chi connectivity index (χ0v) is 10.5. The van der Waals surface area contributed by atoms with E-state index in [1.807, 2.05) is 31.2 Å². The first-order chi connectivity index (χ1) is 8.14. The number of ketones is 1. The number of Topliss-reactive ketones (excluding diaryl/α,β-unsaturated/α-hetero) is 1. The topological polar surface area (TPSA) is 46.7 Å². The summed E-state index contributed by atoms with van der Waals surface area (Å²) >= 11 is 0. The quantitative estimate of drug-likeness (QED) is 0.754. The Morgan fingerprint density at radius 1 is 1.35 bits per heavy atom. The maximum Gasteiger partial charge on any atom is 0.232 e. The lowest BCUT2D eigenvalue weighted by molar-refractivity contribution is -0.121. The number of epoxide rings is 1. The minimum Gasteiger partial charge on any atom is -0.344 e. The van der Waals surface area contributed by atoms with Crippen molar-refractivity contribution in [3.63, 3.8) is 0 Å². The highest BCUT2D eigenvalue weighted by Gasteiger charge is 2.68. The normalized spacial score (nSPS) is 33.0. The van der Waals surface area contributed by atoms with Gasteiger partial charge in [0.05, 0.1) is 10.8 Å². The van der Waals surface area contributed by atoms with Crippen LogP contribution in [-0.4, -0.2) is 21.0 Å². The van der Waals surface area contributed by atoms with E-state index in [1.165, 1.54) is 0 Å². The summed E-state index contributed by atoms with van der Waals surface area (Å²) in [5.41, 5.74) is 1.12. The maximum absolute atomic E-state index is 12.5. The van der Waals surface area contributed by atoms with E-state index in [0.29, 0.717) is 11.3 Å². The Balaban J connectivity index is 1.92. The van der Waals surface area contributed by atoms with Crippen molar-refractivity contribution in [3.8, 4) is 0 Å². The van der Waals surface area contributed by atoms with Gasteiger partial charge >= 0.3 is 0 Å². The van der Waals surface area contributed by atoms with Gasteiger partial charge in [-0.3, -0.25) is 9.00 Å². The van der Waals surface area contributed by atoms with Gasteiger partial charge in [-0.05, 0) is 31.9 Å². The minimum atomic E-state index is -1.37. The van der Waals surface area contributed by atoms with Crippen LogP contribution in [-0.2, 0) is 20.3 Å². The first-order valence-corrected chi connectivity index (χ1v) is 6.99. The molecule has 2 fully saturated rings. The van der Waals surface area contributed by atoms with Gasteiger partial charge < -0.3 is 4.74 Å². The number of aryl methyl sites for hydroxylation is 1. The first-order valence-electron chi connectivity index (χ1n) is 5.84. The van der Waals surface area contributed by atoms with Gasteiger partial charge in [-0.25, -0.2) is 0 Å². The van der Waals surface area contributed by atoms with E-state index in [-0.39, 0.29) is 11.9 Å². The van der Waals surface area contributed by atoms with Gasteiger partial charge in [0.1, 0.15) is 6.10 Å². The van der Waals surface area contributed by atoms with Crippen LogP contribution < -0.4 is 0 Å². The maximum atomic E-state index is 12.5. The fourth-order valence-corrected chi connectivity index (χ4v) is 4.00. The van der Waals surface area contributed by atoms with Crippen LogP contribution in [0.3, 0.4) is 0 Å². The molecule has 3 nitrogen and oxygen atoms in total. The van der Waals surface area contributed by atoms with Crippen molar-refractivity contribution in [2.75, 3.05) is 0 Å². The van der Waals surface area contributed by atoms with Crippen LogP contribution >= 0.6 is 0 Å². The summed E-state index contributed by atoms with van der Waals surface area (Å²) in [6.45, 7) is 1.98. The van der Waals surface area contributed by atoms with Gasteiger partial charge in [0.15, 0.2) is 5.78 Å². The van der Waals surface area contributed by atoms with Crippen molar-refractivity contribution in [2.45, 2.75) is 42.1 Å². The molecule has 90 valence electrons. The number of hydrogen-bond acceptors (Lipinski definition) is 3. The number of carbonyl (C=O) groups is 1. The monoisotopic (exact) mass is 250 g/mol. The molecule has 3 rings (SSSR count). The molecular weight excluding hydrogens is 236 g/mol. The molecule has 1 saturated carbocycles. The molecule has 1 aromatic carbocycles. The van der Waals surface area contributed by atoms with E-state index < -0.39 is 15.7 Å². The third kappa shape index (κ3) is 1.58. The van der Waals surface area contributed by atoms with Gasteiger partial charge in [0.25, 0.3) is 0 Å². The van der Waals surface area contributed by atoms with Crippen LogP contribution in [0.15, 0.2) is 29.2 Å². The SMILES string of the molecule is Cc1ccc(S(=O)[C@]23O[C@H]2CCCC3=O)cc1. The van der Waals surface area contributed by atoms with Crippen LogP contribution in [0.25, 0.3) is 0 Å². The molecule has 0 amide bonds. The number of rotatable bonds is 2. The van der Waals surface area contributed by atoms with E-state index in [0.717, 1.165) is 18.4 Å². The molecule has 1 aromatic rings. The molecule has 0 bridgehead atoms. The molecule has 0 N–H and O–H groups in total. The highest BCUT2D eigenvalue weighted by atomic mass is 32.2. The highest BCUT2D eigenvalue weighted by molar-refractivity contribution is 7.87. The fraction of sp³-hybridized carbons (Fsp3) is 0.462. The minimum absolute atomic E-state index is 0.00709. The van der Waals surface area contributed by atoms with Crippen molar-refractivity contribution >= 4 is 16.6 Å². The molecule has 0 aromatic heterocycles. The third-order valence-electron chi connectivity index (χ3n) is 3.45. The second kappa shape index (κ2) is 3.75. The van der Waals surface area contributed by atoms with Gasteiger partial charge in [0.2, 0.25) is 4.93 Å². The summed E-state index contributed by atoms with van der Waals surface area (Å²) in [4.78, 5) is 11.6. The fourth-order valence-electron chi connectivity index (χ4n) is 2.40. The third-order valence-corrected chi connectivity index (χ3v) is 5.29. The Labute approximate surface area is 103 Å². The number of benzene rings is 1. The molecule has 17 heavy (non-hydrogen) atoms. The molecular formula is C13H14O3S. The predicted molar refractivity (Wildman–Crippen MR) is 64.0 cm³/mol. The van der Waals surface area contributed by atoms with Crippen molar-refractivity contribution in [1.82, 2.24) is 0 Å². The first kappa shape index (κ1) is 11.1. The molecule has 4 heteroatoms. The summed E-state index contributed by atoms with van der Waals surface area (Å²) in [7, 11) is -1.37. The van der Waals surface area contributed by atoms with E-state index in [1.54, 1.807) is 0 Å². The summed E-state index contributed by atoms with van der Waals surface area (Å²) < 4.78 is 17.9. The van der Waals surface area contributed by atoms with Crippen LogP contribution in [0.2, 0.25) is 0 Å². The molecule has 3 atom stereocenters.